The Kier molecular flexibility index (Phi) is 2.40. The fourth-order valence-corrected chi connectivity index (χ4v) is 1.11. The zero-order valence-electron chi connectivity index (χ0n) is 8.10. The predicted octanol–water partition coefficient (Wildman–Crippen LogP) is 1.40. The van der Waals surface area contributed by atoms with Gasteiger partial charge < -0.3 is 20.3 Å². The molecule has 0 saturated carbocycles. The summed E-state index contributed by atoms with van der Waals surface area (Å²) in [5.41, 5.74) is 6.10. The van der Waals surface area contributed by atoms with Crippen molar-refractivity contribution in [1.29, 1.82) is 0 Å². The maximum absolute atomic E-state index is 5.31. The van der Waals surface area contributed by atoms with Crippen LogP contribution in [0.4, 0.5) is 17.7 Å². The summed E-state index contributed by atoms with van der Waals surface area (Å²) in [6, 6.07) is 7.60. The number of aromatic nitrogens is 2. The van der Waals surface area contributed by atoms with Gasteiger partial charge in [0, 0.05) is 11.8 Å². The molecule has 0 atom stereocenters. The van der Waals surface area contributed by atoms with E-state index in [0.29, 0.717) is 0 Å². The van der Waals surface area contributed by atoms with Crippen molar-refractivity contribution in [2.45, 2.75) is 0 Å². The third kappa shape index (κ3) is 2.16. The van der Waals surface area contributed by atoms with Crippen LogP contribution < -0.4 is 15.8 Å². The molecule has 0 unspecified atom stereocenters. The van der Waals surface area contributed by atoms with Gasteiger partial charge in [0.15, 0.2) is 0 Å². The van der Waals surface area contributed by atoms with E-state index >= 15 is 0 Å². The number of hydrogen-bond donors (Lipinski definition) is 2. The van der Waals surface area contributed by atoms with Gasteiger partial charge in [-0.25, -0.2) is 0 Å². The van der Waals surface area contributed by atoms with E-state index in [2.05, 4.69) is 15.5 Å². The summed E-state index contributed by atoms with van der Waals surface area (Å²) in [5, 5.41) is 6.35. The number of methoxy groups -OCH3 is 1. The first-order valence-electron chi connectivity index (χ1n) is 4.28. The molecule has 0 bridgehead atoms. The first-order valence-corrected chi connectivity index (χ1v) is 4.28. The lowest BCUT2D eigenvalue weighted by atomic mass is 10.3. The van der Waals surface area contributed by atoms with Crippen molar-refractivity contribution in [2.24, 2.45) is 0 Å². The van der Waals surface area contributed by atoms with Crippen molar-refractivity contribution in [1.82, 2.24) is 10.1 Å². The van der Waals surface area contributed by atoms with Crippen LogP contribution in [-0.4, -0.2) is 17.3 Å². The Bertz CT molecular complexity index is 455. The van der Waals surface area contributed by atoms with Crippen LogP contribution in [0, 0.1) is 0 Å². The SMILES string of the molecule is COc1cccc(Nc2nc(N)no2)c1. The molecule has 2 rings (SSSR count). The van der Waals surface area contributed by atoms with Crippen molar-refractivity contribution in [3.05, 3.63) is 24.3 Å². The molecule has 0 amide bonds. The zero-order valence-corrected chi connectivity index (χ0v) is 8.10. The minimum Gasteiger partial charge on any atom is -0.497 e. The molecule has 1 aromatic carbocycles. The van der Waals surface area contributed by atoms with Crippen LogP contribution in [0.15, 0.2) is 28.8 Å². The summed E-state index contributed by atoms with van der Waals surface area (Å²) >= 11 is 0. The zero-order chi connectivity index (χ0) is 10.7. The topological polar surface area (TPSA) is 86.2 Å². The van der Waals surface area contributed by atoms with Crippen LogP contribution in [0.2, 0.25) is 0 Å². The van der Waals surface area contributed by atoms with Gasteiger partial charge in [0.05, 0.1) is 7.11 Å². The molecule has 0 spiro atoms. The van der Waals surface area contributed by atoms with Gasteiger partial charge in [0.25, 0.3) is 5.95 Å². The molecule has 3 N–H and O–H groups in total. The number of nitrogen functional groups attached to an aromatic ring is 1. The highest BCUT2D eigenvalue weighted by atomic mass is 16.5. The van der Waals surface area contributed by atoms with Gasteiger partial charge in [-0.2, -0.15) is 4.98 Å². The largest absolute Gasteiger partial charge is 0.497 e. The number of ether oxygens (including phenoxy) is 1. The third-order valence-corrected chi connectivity index (χ3v) is 1.76. The van der Waals surface area contributed by atoms with E-state index in [1.54, 1.807) is 13.2 Å². The highest BCUT2D eigenvalue weighted by Crippen LogP contribution is 2.20. The highest BCUT2D eigenvalue weighted by molar-refractivity contribution is 5.55. The average Bonchev–Trinajstić information content (AvgIpc) is 2.64. The van der Waals surface area contributed by atoms with Gasteiger partial charge in [-0.05, 0) is 17.3 Å². The van der Waals surface area contributed by atoms with E-state index in [1.165, 1.54) is 0 Å². The molecule has 0 fully saturated rings. The van der Waals surface area contributed by atoms with Gasteiger partial charge in [0.2, 0.25) is 0 Å². The van der Waals surface area contributed by atoms with Crippen LogP contribution >= 0.6 is 0 Å². The Labute approximate surface area is 86.0 Å². The lowest BCUT2D eigenvalue weighted by Gasteiger charge is -2.03. The Morgan fingerprint density at radius 2 is 2.33 bits per heavy atom. The quantitative estimate of drug-likeness (QED) is 0.789. The number of anilines is 3. The van der Waals surface area contributed by atoms with Crippen LogP contribution in [0.5, 0.6) is 5.75 Å². The Morgan fingerprint density at radius 3 is 3.00 bits per heavy atom. The van der Waals surface area contributed by atoms with Crippen molar-refractivity contribution in [2.75, 3.05) is 18.2 Å². The summed E-state index contributed by atoms with van der Waals surface area (Å²) in [5.74, 6) is 0.841. The first-order chi connectivity index (χ1) is 7.28. The number of nitrogens with zero attached hydrogens (tertiary/aromatic N) is 2. The second kappa shape index (κ2) is 3.87. The summed E-state index contributed by atoms with van der Waals surface area (Å²) in [4.78, 5) is 3.81. The molecule has 6 heteroatoms. The van der Waals surface area contributed by atoms with Crippen LogP contribution in [0.3, 0.4) is 0 Å². The fourth-order valence-electron chi connectivity index (χ4n) is 1.11. The maximum atomic E-state index is 5.31. The molecule has 1 aromatic heterocycles. The van der Waals surface area contributed by atoms with Gasteiger partial charge in [-0.15, -0.1) is 0 Å². The number of rotatable bonds is 3. The van der Waals surface area contributed by atoms with Gasteiger partial charge >= 0.3 is 6.01 Å². The molecule has 15 heavy (non-hydrogen) atoms. The number of nitrogens with one attached hydrogen (secondary N) is 1. The number of hydrogen-bond acceptors (Lipinski definition) is 6. The fraction of sp³-hybridized carbons (Fsp3) is 0.111. The van der Waals surface area contributed by atoms with Crippen LogP contribution in [0.25, 0.3) is 0 Å². The van der Waals surface area contributed by atoms with E-state index in [1.807, 2.05) is 18.2 Å². The molecular weight excluding hydrogens is 196 g/mol. The molecule has 78 valence electrons. The molecular formula is C9H10N4O2. The van der Waals surface area contributed by atoms with E-state index in [0.717, 1.165) is 11.4 Å². The van der Waals surface area contributed by atoms with Crippen molar-refractivity contribution in [3.63, 3.8) is 0 Å². The third-order valence-electron chi connectivity index (χ3n) is 1.76. The van der Waals surface area contributed by atoms with Gasteiger partial charge in [0.1, 0.15) is 5.75 Å². The normalized spacial score (nSPS) is 9.93. The van der Waals surface area contributed by atoms with E-state index in [-0.39, 0.29) is 12.0 Å². The summed E-state index contributed by atoms with van der Waals surface area (Å²) in [6.07, 6.45) is 0. The van der Waals surface area contributed by atoms with E-state index in [9.17, 15) is 0 Å². The number of nitrogens with two attached hydrogens (primary N) is 1. The second-order valence-corrected chi connectivity index (χ2v) is 2.81. The standard InChI is InChI=1S/C9H10N4O2/c1-14-7-4-2-3-6(5-7)11-9-12-8(10)13-15-9/h2-5H,1H3,(H3,10,11,12,13). The van der Waals surface area contributed by atoms with Gasteiger partial charge in [-0.1, -0.05) is 6.07 Å². The predicted molar refractivity (Wildman–Crippen MR) is 55.0 cm³/mol. The highest BCUT2D eigenvalue weighted by Gasteiger charge is 2.03. The minimum atomic E-state index is 0.0976. The van der Waals surface area contributed by atoms with E-state index < -0.39 is 0 Å². The molecule has 0 aliphatic rings. The van der Waals surface area contributed by atoms with Crippen molar-refractivity contribution >= 4 is 17.7 Å². The Morgan fingerprint density at radius 1 is 1.47 bits per heavy atom. The lowest BCUT2D eigenvalue weighted by molar-refractivity contribution is 0.415. The monoisotopic (exact) mass is 206 g/mol. The minimum absolute atomic E-state index is 0.0976. The Balaban J connectivity index is 2.16. The summed E-state index contributed by atoms with van der Waals surface area (Å²) in [6.45, 7) is 0. The molecule has 0 saturated heterocycles. The molecule has 1 heterocycles. The van der Waals surface area contributed by atoms with Crippen molar-refractivity contribution in [3.8, 4) is 5.75 Å². The molecule has 0 aliphatic heterocycles. The van der Waals surface area contributed by atoms with Gasteiger partial charge in [-0.3, -0.25) is 0 Å². The lowest BCUT2D eigenvalue weighted by Crippen LogP contribution is -1.92. The average molecular weight is 206 g/mol. The first kappa shape index (κ1) is 9.32. The molecule has 0 radical (unpaired) electrons. The Hall–Kier alpha value is -2.24. The number of benzene rings is 1. The molecule has 0 aliphatic carbocycles. The summed E-state index contributed by atoms with van der Waals surface area (Å²) < 4.78 is 9.87. The molecule has 6 nitrogen and oxygen atoms in total. The van der Waals surface area contributed by atoms with E-state index in [4.69, 9.17) is 15.0 Å². The maximum Gasteiger partial charge on any atom is 0.327 e. The smallest absolute Gasteiger partial charge is 0.327 e. The van der Waals surface area contributed by atoms with Crippen molar-refractivity contribution < 1.29 is 9.26 Å². The molecule has 2 aromatic rings. The van der Waals surface area contributed by atoms with Crippen LogP contribution in [0.1, 0.15) is 0 Å². The van der Waals surface area contributed by atoms with Crippen LogP contribution in [-0.2, 0) is 0 Å². The second-order valence-electron chi connectivity index (χ2n) is 2.81. The summed E-state index contributed by atoms with van der Waals surface area (Å²) in [7, 11) is 1.60.